The molecule has 4 nitrogen and oxygen atoms in total. The van der Waals surface area contributed by atoms with Crippen LogP contribution in [0.5, 0.6) is 0 Å². The number of aromatic nitrogens is 2. The van der Waals surface area contributed by atoms with Gasteiger partial charge in [-0.15, -0.1) is 0 Å². The molecule has 0 fully saturated rings. The molecular weight excluding hydrogens is 412 g/mol. The lowest BCUT2D eigenvalue weighted by molar-refractivity contribution is 0.586. The van der Waals surface area contributed by atoms with Crippen LogP contribution in [0.1, 0.15) is 0 Å². The third-order valence-corrected chi connectivity index (χ3v) is 7.66. The minimum atomic E-state index is -3.75. The molecular formula is C24H20N2O2S2. The summed E-state index contributed by atoms with van der Waals surface area (Å²) < 4.78 is 27.3. The van der Waals surface area contributed by atoms with E-state index >= 15 is 0 Å². The van der Waals surface area contributed by atoms with Crippen LogP contribution in [-0.4, -0.2) is 17.4 Å². The molecule has 0 atom stereocenters. The normalized spacial score (nSPS) is 11.6. The maximum absolute atomic E-state index is 13.1. The van der Waals surface area contributed by atoms with Gasteiger partial charge >= 0.3 is 0 Å². The molecule has 0 saturated carbocycles. The third kappa shape index (κ3) is 3.56. The first-order chi connectivity index (χ1) is 14.3. The second-order valence-electron chi connectivity index (χ2n) is 6.86. The number of benzene rings is 2. The zero-order valence-electron chi connectivity index (χ0n) is 16.3. The lowest BCUT2D eigenvalue weighted by Crippen LogP contribution is -2.30. The molecule has 4 rings (SSSR count). The van der Waals surface area contributed by atoms with Gasteiger partial charge in [-0.05, 0) is 46.7 Å². The Labute approximate surface area is 179 Å². The molecule has 30 heavy (non-hydrogen) atoms. The molecule has 0 saturated heterocycles. The van der Waals surface area contributed by atoms with Crippen LogP contribution < -0.4 is 21.1 Å². The van der Waals surface area contributed by atoms with Gasteiger partial charge in [-0.1, -0.05) is 62.3 Å². The van der Waals surface area contributed by atoms with Crippen molar-refractivity contribution >= 4 is 48.1 Å². The molecule has 150 valence electrons. The number of H-pyrrole nitrogens is 1. The Kier molecular flexibility index (Phi) is 5.05. The summed E-state index contributed by atoms with van der Waals surface area (Å²) in [7, 11) is -3.75. The zero-order valence-corrected chi connectivity index (χ0v) is 17.9. The van der Waals surface area contributed by atoms with Crippen LogP contribution >= 0.6 is 11.8 Å². The van der Waals surface area contributed by atoms with Gasteiger partial charge < -0.3 is 4.98 Å². The smallest absolute Gasteiger partial charge is 0.268 e. The molecule has 0 spiro atoms. The number of hydrogen-bond donors (Lipinski definition) is 1. The number of nitrogens with zero attached hydrogens (tertiary/aromatic N) is 1. The van der Waals surface area contributed by atoms with Crippen molar-refractivity contribution < 1.29 is 8.42 Å². The maximum Gasteiger partial charge on any atom is 0.268 e. The highest BCUT2D eigenvalue weighted by molar-refractivity contribution is 7.99. The summed E-state index contributed by atoms with van der Waals surface area (Å²) in [5, 5.41) is 2.62. The van der Waals surface area contributed by atoms with Crippen LogP contribution in [-0.2, 0) is 10.0 Å². The molecule has 2 aromatic carbocycles. The molecule has 0 amide bonds. The summed E-state index contributed by atoms with van der Waals surface area (Å²) >= 11 is 1.58. The lowest BCUT2D eigenvalue weighted by atomic mass is 10.1. The quantitative estimate of drug-likeness (QED) is 0.527. The lowest BCUT2D eigenvalue weighted by Gasteiger charge is -2.09. The maximum atomic E-state index is 13.1. The largest absolute Gasteiger partial charge is 0.361 e. The van der Waals surface area contributed by atoms with Crippen molar-refractivity contribution in [2.75, 3.05) is 0 Å². The Bertz CT molecular complexity index is 1560. The van der Waals surface area contributed by atoms with Crippen molar-refractivity contribution in [3.8, 4) is 11.1 Å². The van der Waals surface area contributed by atoms with E-state index in [0.717, 1.165) is 31.5 Å². The molecule has 6 heteroatoms. The van der Waals surface area contributed by atoms with Gasteiger partial charge in [0, 0.05) is 32.8 Å². The summed E-state index contributed by atoms with van der Waals surface area (Å²) in [6.45, 7) is 15.6. The molecule has 0 aliphatic carbocycles. The summed E-state index contributed by atoms with van der Waals surface area (Å²) in [5.74, 6) is 0. The second-order valence-corrected chi connectivity index (χ2v) is 9.79. The van der Waals surface area contributed by atoms with E-state index in [4.69, 9.17) is 0 Å². The molecule has 0 radical (unpaired) electrons. The average Bonchev–Trinajstić information content (AvgIpc) is 3.25. The Balaban J connectivity index is 1.73. The highest BCUT2D eigenvalue weighted by Crippen LogP contribution is 2.30. The van der Waals surface area contributed by atoms with E-state index in [2.05, 4.69) is 31.3 Å². The van der Waals surface area contributed by atoms with Gasteiger partial charge in [0.1, 0.15) is 0 Å². The van der Waals surface area contributed by atoms with Crippen LogP contribution in [0.4, 0.5) is 0 Å². The molecule has 2 aromatic heterocycles. The van der Waals surface area contributed by atoms with E-state index in [1.165, 1.54) is 10.2 Å². The fourth-order valence-corrected chi connectivity index (χ4v) is 5.43. The number of aromatic amines is 1. The predicted octanol–water partition coefficient (Wildman–Crippen LogP) is 2.51. The van der Waals surface area contributed by atoms with E-state index in [0.29, 0.717) is 10.6 Å². The van der Waals surface area contributed by atoms with E-state index in [9.17, 15) is 8.42 Å². The Morgan fingerprint density at radius 2 is 1.60 bits per heavy atom. The van der Waals surface area contributed by atoms with Crippen molar-refractivity contribution in [2.24, 2.45) is 0 Å². The van der Waals surface area contributed by atoms with Gasteiger partial charge in [0.2, 0.25) is 0 Å². The molecule has 0 bridgehead atoms. The van der Waals surface area contributed by atoms with E-state index in [1.807, 2.05) is 36.5 Å². The zero-order chi connectivity index (χ0) is 21.5. The van der Waals surface area contributed by atoms with Crippen molar-refractivity contribution in [3.63, 3.8) is 0 Å². The number of nitrogens with one attached hydrogen (secondary N) is 1. The monoisotopic (exact) mass is 432 g/mol. The van der Waals surface area contributed by atoms with E-state index in [1.54, 1.807) is 36.0 Å². The second kappa shape index (κ2) is 7.55. The summed E-state index contributed by atoms with van der Waals surface area (Å²) in [6.07, 6.45) is 3.37. The fourth-order valence-electron chi connectivity index (χ4n) is 3.09. The van der Waals surface area contributed by atoms with Crippen molar-refractivity contribution in [1.29, 1.82) is 0 Å². The number of rotatable bonds is 5. The third-order valence-electron chi connectivity index (χ3n) is 4.87. The average molecular weight is 433 g/mol. The standard InChI is InChI=1S/C24H20N2O2S2/c1-16-11-12-26(19(16)4)30(27,28)23-10-6-8-21(14-23)20-7-5-9-22(13-20)29-24-15-25-18(3)17(24)2/h5-15,25H,1-4H2. The predicted molar refractivity (Wildman–Crippen MR) is 124 cm³/mol. The molecule has 0 unspecified atom stereocenters. The summed E-state index contributed by atoms with van der Waals surface area (Å²) in [4.78, 5) is 5.31. The van der Waals surface area contributed by atoms with Gasteiger partial charge in [0.25, 0.3) is 10.0 Å². The van der Waals surface area contributed by atoms with Crippen LogP contribution in [0.2, 0.25) is 0 Å². The minimum absolute atomic E-state index is 0.200. The van der Waals surface area contributed by atoms with Gasteiger partial charge in [-0.2, -0.15) is 0 Å². The summed E-state index contributed by atoms with van der Waals surface area (Å²) in [5.41, 5.74) is 1.74. The van der Waals surface area contributed by atoms with Gasteiger partial charge in [-0.25, -0.2) is 12.4 Å². The van der Waals surface area contributed by atoms with E-state index < -0.39 is 10.0 Å². The van der Waals surface area contributed by atoms with Crippen molar-refractivity contribution in [3.05, 3.63) is 88.1 Å². The molecule has 0 aliphatic heterocycles. The Morgan fingerprint density at radius 1 is 0.900 bits per heavy atom. The highest BCUT2D eigenvalue weighted by Gasteiger charge is 2.18. The first-order valence-corrected chi connectivity index (χ1v) is 11.4. The molecule has 0 aliphatic rings. The Hall–Kier alpha value is -3.22. The van der Waals surface area contributed by atoms with Crippen molar-refractivity contribution in [2.45, 2.75) is 14.7 Å². The van der Waals surface area contributed by atoms with Crippen LogP contribution in [0.25, 0.3) is 37.4 Å². The minimum Gasteiger partial charge on any atom is -0.361 e. The molecule has 2 heterocycles. The SMILES string of the molecule is C=c1ccn(S(=O)(=O)c2cccc(-c3cccc(Sc4c[nH]c(=C)c4=C)c3)c2)c1=C. The fraction of sp³-hybridized carbons (Fsp3) is 0. The number of hydrogen-bond acceptors (Lipinski definition) is 3. The Morgan fingerprint density at radius 3 is 2.23 bits per heavy atom. The van der Waals surface area contributed by atoms with Crippen LogP contribution in [0, 0.1) is 0 Å². The van der Waals surface area contributed by atoms with Crippen LogP contribution in [0.3, 0.4) is 0 Å². The summed E-state index contributed by atoms with van der Waals surface area (Å²) in [6, 6.07) is 16.5. The van der Waals surface area contributed by atoms with Crippen LogP contribution in [0.15, 0.2) is 81.7 Å². The molecule has 4 aromatic rings. The van der Waals surface area contributed by atoms with Crippen molar-refractivity contribution in [1.82, 2.24) is 8.96 Å². The first-order valence-electron chi connectivity index (χ1n) is 9.12. The van der Waals surface area contributed by atoms with Gasteiger partial charge in [-0.3, -0.25) is 0 Å². The van der Waals surface area contributed by atoms with Gasteiger partial charge in [0.05, 0.1) is 10.2 Å². The molecule has 1 N–H and O–H groups in total. The highest BCUT2D eigenvalue weighted by atomic mass is 32.2. The topological polar surface area (TPSA) is 54.9 Å². The van der Waals surface area contributed by atoms with E-state index in [-0.39, 0.29) is 4.90 Å². The van der Waals surface area contributed by atoms with Gasteiger partial charge in [0.15, 0.2) is 0 Å². The first kappa shape index (κ1) is 20.1.